The SMILES string of the molecule is O=C(Nc1ccccc1C#CCCO)C1COCCO1. The molecule has 1 aliphatic heterocycles. The Bertz CT molecular complexity index is 512. The molecule has 1 saturated heterocycles. The molecule has 5 heteroatoms. The highest BCUT2D eigenvalue weighted by Gasteiger charge is 2.23. The topological polar surface area (TPSA) is 67.8 Å². The zero-order valence-electron chi connectivity index (χ0n) is 11.1. The standard InChI is InChI=1S/C15H17NO4/c17-8-4-3-6-12-5-1-2-7-13(12)16-15(18)14-11-19-9-10-20-14/h1-2,5,7,14,17H,4,8-11H2,(H,16,18). The molecule has 0 aliphatic carbocycles. The number of anilines is 1. The van der Waals surface area contributed by atoms with E-state index in [4.69, 9.17) is 14.6 Å². The second-order valence-electron chi connectivity index (χ2n) is 4.24. The number of amides is 1. The number of aliphatic hydroxyl groups excluding tert-OH is 1. The summed E-state index contributed by atoms with van der Waals surface area (Å²) >= 11 is 0. The molecule has 1 amide bonds. The van der Waals surface area contributed by atoms with Crippen LogP contribution < -0.4 is 5.32 Å². The second kappa shape index (κ2) is 7.65. The number of rotatable bonds is 3. The van der Waals surface area contributed by atoms with Crippen LogP contribution in [0.2, 0.25) is 0 Å². The third-order valence-electron chi connectivity index (χ3n) is 2.75. The lowest BCUT2D eigenvalue weighted by molar-refractivity contribution is -0.142. The maximum Gasteiger partial charge on any atom is 0.255 e. The van der Waals surface area contributed by atoms with Crippen LogP contribution in [0.25, 0.3) is 0 Å². The number of carbonyl (C=O) groups excluding carboxylic acids is 1. The van der Waals surface area contributed by atoms with Crippen molar-refractivity contribution in [2.75, 3.05) is 31.7 Å². The predicted molar refractivity (Wildman–Crippen MR) is 74.2 cm³/mol. The van der Waals surface area contributed by atoms with Crippen LogP contribution in [0.15, 0.2) is 24.3 Å². The van der Waals surface area contributed by atoms with E-state index in [1.165, 1.54) is 0 Å². The van der Waals surface area contributed by atoms with Crippen LogP contribution in [0, 0.1) is 11.8 Å². The third-order valence-corrected chi connectivity index (χ3v) is 2.75. The highest BCUT2D eigenvalue weighted by Crippen LogP contribution is 2.15. The van der Waals surface area contributed by atoms with Crippen molar-refractivity contribution < 1.29 is 19.4 Å². The van der Waals surface area contributed by atoms with Crippen molar-refractivity contribution in [2.24, 2.45) is 0 Å². The fraction of sp³-hybridized carbons (Fsp3) is 0.400. The molecule has 0 spiro atoms. The molecule has 0 radical (unpaired) electrons. The van der Waals surface area contributed by atoms with Gasteiger partial charge in [-0.15, -0.1) is 0 Å². The Labute approximate surface area is 117 Å². The first kappa shape index (κ1) is 14.5. The van der Waals surface area contributed by atoms with Gasteiger partial charge in [0.2, 0.25) is 0 Å². The monoisotopic (exact) mass is 275 g/mol. The molecule has 1 atom stereocenters. The number of hydrogen-bond acceptors (Lipinski definition) is 4. The Morgan fingerprint density at radius 3 is 3.00 bits per heavy atom. The maximum atomic E-state index is 12.0. The molecule has 1 aliphatic rings. The average molecular weight is 275 g/mol. The Hall–Kier alpha value is -1.87. The number of carbonyl (C=O) groups is 1. The number of para-hydroxylation sites is 1. The lowest BCUT2D eigenvalue weighted by Crippen LogP contribution is -2.39. The van der Waals surface area contributed by atoms with E-state index >= 15 is 0 Å². The lowest BCUT2D eigenvalue weighted by Gasteiger charge is -2.22. The Kier molecular flexibility index (Phi) is 5.56. The molecule has 1 heterocycles. The van der Waals surface area contributed by atoms with Crippen molar-refractivity contribution in [3.05, 3.63) is 29.8 Å². The average Bonchev–Trinajstić information content (AvgIpc) is 2.50. The molecule has 1 unspecified atom stereocenters. The van der Waals surface area contributed by atoms with Crippen molar-refractivity contribution in [3.8, 4) is 11.8 Å². The van der Waals surface area contributed by atoms with Crippen LogP contribution in [0.1, 0.15) is 12.0 Å². The minimum absolute atomic E-state index is 0.0226. The molecule has 5 nitrogen and oxygen atoms in total. The van der Waals surface area contributed by atoms with Gasteiger partial charge in [-0.25, -0.2) is 0 Å². The molecule has 1 aromatic rings. The smallest absolute Gasteiger partial charge is 0.255 e. The van der Waals surface area contributed by atoms with Crippen molar-refractivity contribution in [1.82, 2.24) is 0 Å². The molecule has 0 aromatic heterocycles. The van der Waals surface area contributed by atoms with E-state index in [0.717, 1.165) is 0 Å². The second-order valence-corrected chi connectivity index (χ2v) is 4.24. The van der Waals surface area contributed by atoms with Gasteiger partial charge in [0.25, 0.3) is 5.91 Å². The summed E-state index contributed by atoms with van der Waals surface area (Å²) in [6, 6.07) is 7.27. The minimum atomic E-state index is -0.581. The Balaban J connectivity index is 2.05. The van der Waals surface area contributed by atoms with E-state index in [1.807, 2.05) is 18.2 Å². The zero-order chi connectivity index (χ0) is 14.2. The Morgan fingerprint density at radius 1 is 1.40 bits per heavy atom. The van der Waals surface area contributed by atoms with Crippen molar-refractivity contribution in [3.63, 3.8) is 0 Å². The first-order valence-electron chi connectivity index (χ1n) is 6.50. The Morgan fingerprint density at radius 2 is 2.25 bits per heavy atom. The quantitative estimate of drug-likeness (QED) is 0.800. The van der Waals surface area contributed by atoms with Gasteiger partial charge in [0, 0.05) is 12.0 Å². The highest BCUT2D eigenvalue weighted by molar-refractivity contribution is 5.95. The lowest BCUT2D eigenvalue weighted by atomic mass is 10.1. The van der Waals surface area contributed by atoms with Crippen LogP contribution in [0.4, 0.5) is 5.69 Å². The van der Waals surface area contributed by atoms with Crippen molar-refractivity contribution >= 4 is 11.6 Å². The summed E-state index contributed by atoms with van der Waals surface area (Å²) in [5, 5.41) is 11.5. The number of hydrogen-bond donors (Lipinski definition) is 2. The van der Waals surface area contributed by atoms with Gasteiger partial charge in [-0.2, -0.15) is 0 Å². The number of nitrogens with one attached hydrogen (secondary N) is 1. The van der Waals surface area contributed by atoms with Gasteiger partial charge in [-0.05, 0) is 12.1 Å². The summed E-state index contributed by atoms with van der Waals surface area (Å²) in [5.41, 5.74) is 1.35. The molecule has 2 rings (SSSR count). The molecule has 106 valence electrons. The summed E-state index contributed by atoms with van der Waals surface area (Å²) in [6.45, 7) is 1.24. The molecular weight excluding hydrogens is 258 g/mol. The summed E-state index contributed by atoms with van der Waals surface area (Å²) in [4.78, 5) is 12.0. The molecule has 0 bridgehead atoms. The van der Waals surface area contributed by atoms with Gasteiger partial charge >= 0.3 is 0 Å². The maximum absolute atomic E-state index is 12.0. The summed E-state index contributed by atoms with van der Waals surface area (Å²) in [7, 11) is 0. The van der Waals surface area contributed by atoms with Crippen LogP contribution in [0.5, 0.6) is 0 Å². The van der Waals surface area contributed by atoms with Crippen molar-refractivity contribution in [1.29, 1.82) is 0 Å². The molecule has 1 fully saturated rings. The van der Waals surface area contributed by atoms with E-state index < -0.39 is 6.10 Å². The van der Waals surface area contributed by atoms with E-state index in [2.05, 4.69) is 17.2 Å². The van der Waals surface area contributed by atoms with Gasteiger partial charge in [0.1, 0.15) is 0 Å². The van der Waals surface area contributed by atoms with Crippen LogP contribution >= 0.6 is 0 Å². The molecule has 20 heavy (non-hydrogen) atoms. The molecular formula is C15H17NO4. The summed E-state index contributed by atoms with van der Waals surface area (Å²) in [6.07, 6.45) is -0.177. The minimum Gasteiger partial charge on any atom is -0.395 e. The fourth-order valence-corrected chi connectivity index (χ4v) is 1.77. The van der Waals surface area contributed by atoms with Gasteiger partial charge < -0.3 is 19.9 Å². The highest BCUT2D eigenvalue weighted by atomic mass is 16.6. The van der Waals surface area contributed by atoms with Crippen LogP contribution in [-0.4, -0.2) is 43.5 Å². The first-order valence-corrected chi connectivity index (χ1v) is 6.50. The largest absolute Gasteiger partial charge is 0.395 e. The zero-order valence-corrected chi connectivity index (χ0v) is 11.1. The van der Waals surface area contributed by atoms with Crippen LogP contribution in [-0.2, 0) is 14.3 Å². The molecule has 2 N–H and O–H groups in total. The number of aliphatic hydroxyl groups is 1. The number of benzene rings is 1. The van der Waals surface area contributed by atoms with E-state index in [9.17, 15) is 4.79 Å². The summed E-state index contributed by atoms with van der Waals surface area (Å²) < 4.78 is 10.6. The first-order chi connectivity index (χ1) is 9.81. The van der Waals surface area contributed by atoms with Gasteiger partial charge in [0.05, 0.1) is 32.1 Å². The molecule has 0 saturated carbocycles. The third kappa shape index (κ3) is 4.07. The van der Waals surface area contributed by atoms with Gasteiger partial charge in [-0.1, -0.05) is 24.0 Å². The predicted octanol–water partition coefficient (Wildman–Crippen LogP) is 0.774. The van der Waals surface area contributed by atoms with Gasteiger partial charge in [0.15, 0.2) is 6.10 Å². The van der Waals surface area contributed by atoms with Crippen molar-refractivity contribution in [2.45, 2.75) is 12.5 Å². The van der Waals surface area contributed by atoms with E-state index in [-0.39, 0.29) is 19.1 Å². The fourth-order valence-electron chi connectivity index (χ4n) is 1.77. The van der Waals surface area contributed by atoms with E-state index in [0.29, 0.717) is 30.9 Å². The number of ether oxygens (including phenoxy) is 2. The summed E-state index contributed by atoms with van der Waals surface area (Å²) in [5.74, 6) is 5.53. The molecule has 1 aromatic carbocycles. The van der Waals surface area contributed by atoms with Gasteiger partial charge in [-0.3, -0.25) is 4.79 Å². The van der Waals surface area contributed by atoms with E-state index in [1.54, 1.807) is 6.07 Å². The normalized spacial score (nSPS) is 17.9. The van der Waals surface area contributed by atoms with Crippen LogP contribution in [0.3, 0.4) is 0 Å².